The number of amides is 2. The number of urea groups is 1. The van der Waals surface area contributed by atoms with Crippen LogP contribution in [0, 0.1) is 19.3 Å². The molecule has 1 aliphatic carbocycles. The van der Waals surface area contributed by atoms with Crippen LogP contribution in [-0.4, -0.2) is 35.4 Å². The molecule has 0 spiro atoms. The quantitative estimate of drug-likeness (QED) is 0.668. The van der Waals surface area contributed by atoms with E-state index in [0.717, 1.165) is 17.7 Å². The van der Waals surface area contributed by atoms with Crippen LogP contribution in [0.1, 0.15) is 33.6 Å². The summed E-state index contributed by atoms with van der Waals surface area (Å²) in [5.41, 5.74) is 0.645. The van der Waals surface area contributed by atoms with E-state index in [9.17, 15) is 14.7 Å². The maximum absolute atomic E-state index is 11.8. The van der Waals surface area contributed by atoms with Gasteiger partial charge in [-0.05, 0) is 32.3 Å². The van der Waals surface area contributed by atoms with Crippen molar-refractivity contribution in [1.82, 2.24) is 5.32 Å². The van der Waals surface area contributed by atoms with Crippen molar-refractivity contribution in [3.8, 4) is 0 Å². The topological polar surface area (TPSA) is 98.7 Å². The first-order valence-electron chi connectivity index (χ1n) is 6.37. The molecule has 1 saturated carbocycles. The number of carbonyl (C=O) groups excluding carboxylic acids is 1. The van der Waals surface area contributed by atoms with E-state index in [1.54, 1.807) is 6.92 Å². The zero-order valence-electron chi connectivity index (χ0n) is 11.4. The number of aromatic carboxylic acids is 1. The van der Waals surface area contributed by atoms with Gasteiger partial charge in [0.1, 0.15) is 5.00 Å². The summed E-state index contributed by atoms with van der Waals surface area (Å²) in [4.78, 5) is 23.9. The predicted molar refractivity (Wildman–Crippen MR) is 76.5 cm³/mol. The smallest absolute Gasteiger partial charge is 0.338 e. The van der Waals surface area contributed by atoms with Crippen LogP contribution in [0.5, 0.6) is 0 Å². The number of rotatable bonds is 5. The van der Waals surface area contributed by atoms with Gasteiger partial charge in [-0.3, -0.25) is 5.32 Å². The number of aryl methyl sites for hydroxylation is 1. The molecular formula is C13H18N2O4S. The Hall–Kier alpha value is -1.60. The van der Waals surface area contributed by atoms with Crippen LogP contribution < -0.4 is 10.6 Å². The lowest BCUT2D eigenvalue weighted by Gasteiger charge is -2.13. The summed E-state index contributed by atoms with van der Waals surface area (Å²) < 4.78 is 0. The monoisotopic (exact) mass is 298 g/mol. The van der Waals surface area contributed by atoms with Crippen LogP contribution in [0.2, 0.25) is 0 Å². The number of aliphatic hydroxyl groups is 1. The molecule has 1 aromatic rings. The molecule has 0 aliphatic heterocycles. The third kappa shape index (κ3) is 2.94. The Morgan fingerprint density at radius 2 is 2.00 bits per heavy atom. The lowest BCUT2D eigenvalue weighted by atomic mass is 10.1. The summed E-state index contributed by atoms with van der Waals surface area (Å²) in [6.45, 7) is 4.01. The van der Waals surface area contributed by atoms with Crippen LogP contribution in [0.3, 0.4) is 0 Å². The fourth-order valence-corrected chi connectivity index (χ4v) is 3.00. The Bertz CT molecular complexity index is 549. The van der Waals surface area contributed by atoms with E-state index >= 15 is 0 Å². The minimum Gasteiger partial charge on any atom is -0.478 e. The van der Waals surface area contributed by atoms with Crippen molar-refractivity contribution < 1.29 is 19.8 Å². The fraction of sp³-hybridized carbons (Fsp3) is 0.538. The van der Waals surface area contributed by atoms with Gasteiger partial charge in [-0.1, -0.05) is 0 Å². The maximum Gasteiger partial charge on any atom is 0.338 e. The number of carbonyl (C=O) groups is 2. The third-order valence-electron chi connectivity index (χ3n) is 3.74. The standard InChI is InChI=1S/C13H18N2O4S/c1-7-8(2)20-10(9(7)11(17)18)15-12(19)14-5-13(6-16)3-4-13/h16H,3-6H2,1-2H3,(H,17,18)(H2,14,15,19). The van der Waals surface area contributed by atoms with Crippen LogP contribution in [0.15, 0.2) is 0 Å². The van der Waals surface area contributed by atoms with Gasteiger partial charge in [-0.2, -0.15) is 0 Å². The Balaban J connectivity index is 2.01. The molecule has 1 heterocycles. The van der Waals surface area contributed by atoms with Crippen LogP contribution >= 0.6 is 11.3 Å². The first-order valence-corrected chi connectivity index (χ1v) is 7.19. The highest BCUT2D eigenvalue weighted by molar-refractivity contribution is 7.16. The molecule has 0 saturated heterocycles. The minimum atomic E-state index is -1.05. The third-order valence-corrected chi connectivity index (χ3v) is 4.87. The van der Waals surface area contributed by atoms with Gasteiger partial charge in [0.25, 0.3) is 0 Å². The van der Waals surface area contributed by atoms with E-state index in [1.165, 1.54) is 11.3 Å². The highest BCUT2D eigenvalue weighted by atomic mass is 32.1. The number of thiophene rings is 1. The van der Waals surface area contributed by atoms with Gasteiger partial charge >= 0.3 is 12.0 Å². The van der Waals surface area contributed by atoms with Crippen molar-refractivity contribution in [2.24, 2.45) is 5.41 Å². The molecule has 4 N–H and O–H groups in total. The number of aliphatic hydroxyl groups excluding tert-OH is 1. The molecule has 0 bridgehead atoms. The highest BCUT2D eigenvalue weighted by Crippen LogP contribution is 2.44. The van der Waals surface area contributed by atoms with Gasteiger partial charge in [-0.25, -0.2) is 9.59 Å². The van der Waals surface area contributed by atoms with Gasteiger partial charge in [0, 0.05) is 16.8 Å². The molecule has 110 valence electrons. The molecule has 0 radical (unpaired) electrons. The van der Waals surface area contributed by atoms with Crippen LogP contribution in [0.25, 0.3) is 0 Å². The molecule has 1 aromatic heterocycles. The molecule has 2 rings (SSSR count). The number of hydrogen-bond acceptors (Lipinski definition) is 4. The van der Waals surface area contributed by atoms with E-state index in [-0.39, 0.29) is 17.6 Å². The van der Waals surface area contributed by atoms with Crippen molar-refractivity contribution in [3.05, 3.63) is 16.0 Å². The average molecular weight is 298 g/mol. The average Bonchev–Trinajstić information content (AvgIpc) is 3.11. The Morgan fingerprint density at radius 1 is 1.35 bits per heavy atom. The summed E-state index contributed by atoms with van der Waals surface area (Å²) in [7, 11) is 0. The number of nitrogens with one attached hydrogen (secondary N) is 2. The second-order valence-electron chi connectivity index (χ2n) is 5.26. The summed E-state index contributed by atoms with van der Waals surface area (Å²) in [6, 6.07) is -0.437. The summed E-state index contributed by atoms with van der Waals surface area (Å²) in [5, 5.41) is 24.0. The Kier molecular flexibility index (Phi) is 4.01. The van der Waals surface area contributed by atoms with Crippen molar-refractivity contribution in [3.63, 3.8) is 0 Å². The fourth-order valence-electron chi connectivity index (χ4n) is 1.96. The lowest BCUT2D eigenvalue weighted by Crippen LogP contribution is -2.35. The van der Waals surface area contributed by atoms with Gasteiger partial charge in [-0.15, -0.1) is 11.3 Å². The minimum absolute atomic E-state index is 0.0604. The second kappa shape index (κ2) is 5.41. The maximum atomic E-state index is 11.8. The van der Waals surface area contributed by atoms with Gasteiger partial charge in [0.05, 0.1) is 12.2 Å². The zero-order chi connectivity index (χ0) is 14.9. The van der Waals surface area contributed by atoms with Crippen molar-refractivity contribution >= 4 is 28.3 Å². The number of hydrogen-bond donors (Lipinski definition) is 4. The SMILES string of the molecule is Cc1sc(NC(=O)NCC2(CO)CC2)c(C(=O)O)c1C. The molecule has 0 aromatic carbocycles. The largest absolute Gasteiger partial charge is 0.478 e. The van der Waals surface area contributed by atoms with Crippen molar-refractivity contribution in [1.29, 1.82) is 0 Å². The zero-order valence-corrected chi connectivity index (χ0v) is 12.3. The first-order chi connectivity index (χ1) is 9.38. The number of carboxylic acids is 1. The van der Waals surface area contributed by atoms with Crippen molar-refractivity contribution in [2.75, 3.05) is 18.5 Å². The normalized spacial score (nSPS) is 15.8. The Labute approximate surface area is 120 Å². The van der Waals surface area contributed by atoms with E-state index in [4.69, 9.17) is 5.11 Å². The summed E-state index contributed by atoms with van der Waals surface area (Å²) in [5.74, 6) is -1.05. The molecule has 1 aliphatic rings. The number of carboxylic acid groups (broad SMARTS) is 1. The predicted octanol–water partition coefficient (Wildman–Crippen LogP) is 1.96. The Morgan fingerprint density at radius 3 is 2.50 bits per heavy atom. The summed E-state index contributed by atoms with van der Waals surface area (Å²) >= 11 is 1.25. The van der Waals surface area contributed by atoms with Gasteiger partial charge in [0.2, 0.25) is 0 Å². The molecule has 0 atom stereocenters. The first kappa shape index (κ1) is 14.8. The van der Waals surface area contributed by atoms with Gasteiger partial charge < -0.3 is 15.5 Å². The number of anilines is 1. The molecule has 1 fully saturated rings. The second-order valence-corrected chi connectivity index (χ2v) is 6.48. The van der Waals surface area contributed by atoms with Crippen LogP contribution in [-0.2, 0) is 0 Å². The molecule has 7 heteroatoms. The molecular weight excluding hydrogens is 280 g/mol. The van der Waals surface area contributed by atoms with E-state index < -0.39 is 12.0 Å². The van der Waals surface area contributed by atoms with Gasteiger partial charge in [0.15, 0.2) is 0 Å². The summed E-state index contributed by atoms with van der Waals surface area (Å²) in [6.07, 6.45) is 1.81. The van der Waals surface area contributed by atoms with E-state index in [2.05, 4.69) is 10.6 Å². The van der Waals surface area contributed by atoms with E-state index in [0.29, 0.717) is 17.1 Å². The van der Waals surface area contributed by atoms with E-state index in [1.807, 2.05) is 6.92 Å². The molecule has 2 amide bonds. The van der Waals surface area contributed by atoms with Crippen molar-refractivity contribution in [2.45, 2.75) is 26.7 Å². The highest BCUT2D eigenvalue weighted by Gasteiger charge is 2.42. The lowest BCUT2D eigenvalue weighted by molar-refractivity contribution is 0.0697. The van der Waals surface area contributed by atoms with Crippen LogP contribution in [0.4, 0.5) is 9.80 Å². The molecule has 20 heavy (non-hydrogen) atoms. The molecule has 0 unspecified atom stereocenters. The molecule has 6 nitrogen and oxygen atoms in total.